The molecule has 0 saturated carbocycles. The molecule has 2 aromatic heterocycles. The highest BCUT2D eigenvalue weighted by molar-refractivity contribution is 7.98. The van der Waals surface area contributed by atoms with E-state index in [1.807, 2.05) is 11.2 Å². The number of hydrogen-bond donors (Lipinski definition) is 0. The van der Waals surface area contributed by atoms with Crippen LogP contribution >= 0.6 is 11.8 Å². The minimum absolute atomic E-state index is 0.187. The first-order chi connectivity index (χ1) is 10.6. The van der Waals surface area contributed by atoms with Crippen molar-refractivity contribution >= 4 is 28.9 Å². The van der Waals surface area contributed by atoms with Crippen molar-refractivity contribution in [3.05, 3.63) is 44.9 Å². The largest absolute Gasteiger partial charge is 0.376 e. The van der Waals surface area contributed by atoms with Gasteiger partial charge in [0.2, 0.25) is 5.82 Å². The van der Waals surface area contributed by atoms with Crippen LogP contribution in [-0.2, 0) is 0 Å². The van der Waals surface area contributed by atoms with E-state index in [0.29, 0.717) is 12.2 Å². The first-order valence-corrected chi connectivity index (χ1v) is 8.44. The summed E-state index contributed by atoms with van der Waals surface area (Å²) in [6, 6.07) is 5.30. The number of pyridine rings is 1. The topological polar surface area (TPSA) is 80.8 Å². The third kappa shape index (κ3) is 2.43. The van der Waals surface area contributed by atoms with Crippen LogP contribution in [0, 0.1) is 10.1 Å². The minimum atomic E-state index is -0.625. The summed E-state index contributed by atoms with van der Waals surface area (Å²) in [5, 5.41) is 11.4. The molecule has 3 rings (SSSR count). The van der Waals surface area contributed by atoms with Gasteiger partial charge in [0.15, 0.2) is 0 Å². The molecule has 0 N–H and O–H groups in total. The van der Waals surface area contributed by atoms with E-state index in [0.717, 1.165) is 18.6 Å². The number of nitro groups is 1. The van der Waals surface area contributed by atoms with Crippen LogP contribution in [-0.4, -0.2) is 38.9 Å². The lowest BCUT2D eigenvalue weighted by Crippen LogP contribution is -2.34. The van der Waals surface area contributed by atoms with Crippen LogP contribution in [0.4, 0.5) is 11.5 Å². The highest BCUT2D eigenvalue weighted by atomic mass is 32.2. The van der Waals surface area contributed by atoms with Crippen molar-refractivity contribution in [2.75, 3.05) is 23.5 Å². The zero-order valence-electron chi connectivity index (χ0n) is 12.1. The Balaban J connectivity index is 2.21. The van der Waals surface area contributed by atoms with Crippen LogP contribution in [0.3, 0.4) is 0 Å². The van der Waals surface area contributed by atoms with E-state index in [1.54, 1.807) is 30.0 Å². The van der Waals surface area contributed by atoms with Gasteiger partial charge in [0.25, 0.3) is 0 Å². The quantitative estimate of drug-likeness (QED) is 0.632. The fraction of sp³-hybridized carbons (Fsp3) is 0.429. The molecule has 1 aliphatic rings. The van der Waals surface area contributed by atoms with Crippen LogP contribution in [0.1, 0.15) is 12.8 Å². The summed E-state index contributed by atoms with van der Waals surface area (Å²) in [7, 11) is 0. The number of aromatic nitrogens is 2. The van der Waals surface area contributed by atoms with Gasteiger partial charge in [0.05, 0.1) is 4.92 Å². The molecule has 3 heterocycles. The number of fused-ring (bicyclic) bond motifs is 1. The fourth-order valence-electron chi connectivity index (χ4n) is 2.91. The summed E-state index contributed by atoms with van der Waals surface area (Å²) in [5.74, 6) is 1.07. The van der Waals surface area contributed by atoms with Gasteiger partial charge in [-0.2, -0.15) is 11.8 Å². The van der Waals surface area contributed by atoms with Gasteiger partial charge in [-0.3, -0.25) is 19.3 Å². The van der Waals surface area contributed by atoms with E-state index in [1.165, 1.54) is 10.6 Å². The third-order valence-electron chi connectivity index (χ3n) is 3.88. The van der Waals surface area contributed by atoms with Crippen molar-refractivity contribution in [3.63, 3.8) is 0 Å². The van der Waals surface area contributed by atoms with E-state index in [2.05, 4.69) is 4.98 Å². The molecule has 7 nitrogen and oxygen atoms in total. The summed E-state index contributed by atoms with van der Waals surface area (Å²) >= 11 is 1.70. The van der Waals surface area contributed by atoms with Gasteiger partial charge in [-0.15, -0.1) is 0 Å². The Labute approximate surface area is 131 Å². The Bertz CT molecular complexity index is 776. The van der Waals surface area contributed by atoms with Crippen LogP contribution in [0.15, 0.2) is 29.2 Å². The van der Waals surface area contributed by atoms with E-state index >= 15 is 0 Å². The molecule has 1 fully saturated rings. The number of thioether (sulfide) groups is 1. The molecule has 1 unspecified atom stereocenters. The molecule has 0 aliphatic carbocycles. The number of rotatable bonds is 4. The van der Waals surface area contributed by atoms with Gasteiger partial charge < -0.3 is 4.90 Å². The Morgan fingerprint density at radius 1 is 1.50 bits per heavy atom. The van der Waals surface area contributed by atoms with E-state index in [9.17, 15) is 14.9 Å². The fourth-order valence-corrected chi connectivity index (χ4v) is 3.64. The zero-order chi connectivity index (χ0) is 15.7. The zero-order valence-corrected chi connectivity index (χ0v) is 13.0. The second kappa shape index (κ2) is 5.96. The van der Waals surface area contributed by atoms with Crippen molar-refractivity contribution in [1.29, 1.82) is 0 Å². The number of anilines is 1. The van der Waals surface area contributed by atoms with Crippen molar-refractivity contribution in [1.82, 2.24) is 9.38 Å². The lowest BCUT2D eigenvalue weighted by molar-refractivity contribution is -0.385. The van der Waals surface area contributed by atoms with Gasteiger partial charge in [0, 0.05) is 24.5 Å². The Morgan fingerprint density at radius 3 is 3.05 bits per heavy atom. The average molecular weight is 320 g/mol. The van der Waals surface area contributed by atoms with Crippen LogP contribution in [0.25, 0.3) is 5.65 Å². The summed E-state index contributed by atoms with van der Waals surface area (Å²) < 4.78 is 1.22. The molecule has 0 spiro atoms. The number of nitrogens with zero attached hydrogens (tertiary/aromatic N) is 4. The lowest BCUT2D eigenvalue weighted by atomic mass is 10.2. The maximum Gasteiger partial charge on any atom is 0.376 e. The highest BCUT2D eigenvalue weighted by Crippen LogP contribution is 2.31. The van der Waals surface area contributed by atoms with E-state index in [4.69, 9.17) is 0 Å². The maximum absolute atomic E-state index is 12.5. The van der Waals surface area contributed by atoms with Crippen molar-refractivity contribution in [3.8, 4) is 0 Å². The average Bonchev–Trinajstić information content (AvgIpc) is 2.95. The molecule has 1 aliphatic heterocycles. The van der Waals surface area contributed by atoms with Gasteiger partial charge in [-0.25, -0.2) is 4.98 Å². The highest BCUT2D eigenvalue weighted by Gasteiger charge is 2.33. The van der Waals surface area contributed by atoms with Crippen LogP contribution in [0.2, 0.25) is 0 Å². The molecule has 0 radical (unpaired) electrons. The normalized spacial score (nSPS) is 18.0. The Morgan fingerprint density at radius 2 is 2.32 bits per heavy atom. The van der Waals surface area contributed by atoms with Crippen LogP contribution < -0.4 is 10.5 Å². The smallest absolute Gasteiger partial charge is 0.347 e. The molecule has 2 aromatic rings. The second-order valence-electron chi connectivity index (χ2n) is 5.22. The molecular weight excluding hydrogens is 304 g/mol. The van der Waals surface area contributed by atoms with Crippen LogP contribution in [0.5, 0.6) is 0 Å². The molecule has 1 atom stereocenters. The van der Waals surface area contributed by atoms with Gasteiger partial charge in [-0.1, -0.05) is 6.07 Å². The summed E-state index contributed by atoms with van der Waals surface area (Å²) in [5.41, 5.74) is -0.625. The summed E-state index contributed by atoms with van der Waals surface area (Å²) in [6.07, 6.45) is 5.43. The maximum atomic E-state index is 12.5. The van der Waals surface area contributed by atoms with Crippen molar-refractivity contribution in [2.24, 2.45) is 0 Å². The Kier molecular flexibility index (Phi) is 4.02. The molecule has 1 saturated heterocycles. The molecule has 8 heteroatoms. The summed E-state index contributed by atoms with van der Waals surface area (Å²) in [4.78, 5) is 29.6. The molecule has 116 valence electrons. The molecule has 0 amide bonds. The van der Waals surface area contributed by atoms with E-state index < -0.39 is 16.2 Å². The molecule has 22 heavy (non-hydrogen) atoms. The molecule has 0 bridgehead atoms. The molecule has 0 aromatic carbocycles. The first-order valence-electron chi connectivity index (χ1n) is 7.05. The van der Waals surface area contributed by atoms with Gasteiger partial charge in [0.1, 0.15) is 5.65 Å². The predicted octanol–water partition coefficient (Wildman–Crippen LogP) is 1.93. The van der Waals surface area contributed by atoms with Crippen molar-refractivity contribution in [2.45, 2.75) is 18.9 Å². The standard InChI is InChI=1S/C14H16N4O3S/c1-22-9-10-5-4-8-16(10)13-12(18(20)21)14(19)17-7-3-2-6-11(17)15-13/h2-3,6-7,10H,4-5,8-9H2,1H3. The predicted molar refractivity (Wildman–Crippen MR) is 86.9 cm³/mol. The summed E-state index contributed by atoms with van der Waals surface area (Å²) in [6.45, 7) is 0.696. The molecular formula is C14H16N4O3S. The van der Waals surface area contributed by atoms with Crippen molar-refractivity contribution < 1.29 is 4.92 Å². The second-order valence-corrected chi connectivity index (χ2v) is 6.13. The minimum Gasteiger partial charge on any atom is -0.347 e. The third-order valence-corrected chi connectivity index (χ3v) is 4.60. The first kappa shape index (κ1) is 14.8. The van der Waals surface area contributed by atoms with Gasteiger partial charge in [-0.05, 0) is 31.2 Å². The lowest BCUT2D eigenvalue weighted by Gasteiger charge is -2.24. The monoisotopic (exact) mass is 320 g/mol. The Hall–Kier alpha value is -2.09. The van der Waals surface area contributed by atoms with Gasteiger partial charge >= 0.3 is 11.2 Å². The number of hydrogen-bond acceptors (Lipinski definition) is 6. The van der Waals surface area contributed by atoms with E-state index in [-0.39, 0.29) is 11.9 Å². The SMILES string of the molecule is CSCC1CCCN1c1nc2ccccn2c(=O)c1[N+](=O)[O-].